The smallest absolute Gasteiger partial charge is 0.252 e. The number of carbonyl (C=O) groups excluding carboxylic acids is 1. The molecule has 4 aromatic heterocycles. The van der Waals surface area contributed by atoms with Crippen LogP contribution in [0, 0.1) is 12.8 Å². The highest BCUT2D eigenvalue weighted by atomic mass is 16.1. The van der Waals surface area contributed by atoms with Crippen molar-refractivity contribution in [2.75, 3.05) is 31.5 Å². The molecule has 0 spiro atoms. The first-order valence-corrected chi connectivity index (χ1v) is 12.1. The molecule has 5 rings (SSSR count). The first-order chi connectivity index (χ1) is 17.5. The van der Waals surface area contributed by atoms with Gasteiger partial charge in [0.2, 0.25) is 0 Å². The van der Waals surface area contributed by atoms with E-state index in [4.69, 9.17) is 0 Å². The zero-order valence-electron chi connectivity index (χ0n) is 20.8. The summed E-state index contributed by atoms with van der Waals surface area (Å²) in [6, 6.07) is 1.81. The number of likely N-dealkylation sites (tertiary alicyclic amines) is 1. The third-order valence-corrected chi connectivity index (χ3v) is 6.43. The molecule has 5 heterocycles. The second-order valence-electron chi connectivity index (χ2n) is 9.35. The number of fused-ring (bicyclic) bond motifs is 1. The number of aromatic nitrogens is 7. The zero-order valence-corrected chi connectivity index (χ0v) is 20.8. The maximum Gasteiger partial charge on any atom is 0.252 e. The predicted octanol–water partition coefficient (Wildman–Crippen LogP) is 2.26. The van der Waals surface area contributed by atoms with Gasteiger partial charge < -0.3 is 15.5 Å². The fourth-order valence-corrected chi connectivity index (χ4v) is 4.42. The quantitative estimate of drug-likeness (QED) is 0.385. The van der Waals surface area contributed by atoms with Crippen molar-refractivity contribution in [2.24, 2.45) is 13.0 Å². The summed E-state index contributed by atoms with van der Waals surface area (Å²) < 4.78 is 1.71. The van der Waals surface area contributed by atoms with Crippen molar-refractivity contribution < 1.29 is 4.79 Å². The van der Waals surface area contributed by atoms with E-state index in [1.807, 2.05) is 14.0 Å². The van der Waals surface area contributed by atoms with E-state index in [-0.39, 0.29) is 5.91 Å². The molecule has 1 aliphatic rings. The second-order valence-corrected chi connectivity index (χ2v) is 9.35. The van der Waals surface area contributed by atoms with Gasteiger partial charge in [0.05, 0.1) is 22.3 Å². The third kappa shape index (κ3) is 5.30. The van der Waals surface area contributed by atoms with Crippen molar-refractivity contribution >= 4 is 28.4 Å². The van der Waals surface area contributed by atoms with Crippen molar-refractivity contribution in [1.82, 2.24) is 44.9 Å². The van der Waals surface area contributed by atoms with Crippen LogP contribution in [0.5, 0.6) is 0 Å². The molecule has 11 nitrogen and oxygen atoms in total. The Morgan fingerprint density at radius 1 is 1.17 bits per heavy atom. The number of pyridine rings is 1. The van der Waals surface area contributed by atoms with Gasteiger partial charge in [0.15, 0.2) is 11.5 Å². The summed E-state index contributed by atoms with van der Waals surface area (Å²) in [4.78, 5) is 36.9. The number of carbonyl (C=O) groups is 1. The highest BCUT2D eigenvalue weighted by Crippen LogP contribution is 2.26. The Bertz CT molecular complexity index is 1370. The largest absolute Gasteiger partial charge is 0.351 e. The molecule has 0 bridgehead atoms. The molecule has 1 atom stereocenters. The summed E-state index contributed by atoms with van der Waals surface area (Å²) in [5.74, 6) is 1.86. The van der Waals surface area contributed by atoms with Crippen LogP contribution in [0.4, 0.5) is 11.5 Å². The number of hydrogen-bond donors (Lipinski definition) is 2. The van der Waals surface area contributed by atoms with Crippen molar-refractivity contribution in [2.45, 2.75) is 26.7 Å². The Labute approximate surface area is 209 Å². The van der Waals surface area contributed by atoms with E-state index >= 15 is 0 Å². The van der Waals surface area contributed by atoms with Crippen LogP contribution in [0.25, 0.3) is 11.0 Å². The lowest BCUT2D eigenvalue weighted by Crippen LogP contribution is -2.33. The van der Waals surface area contributed by atoms with E-state index in [0.29, 0.717) is 41.5 Å². The summed E-state index contributed by atoms with van der Waals surface area (Å²) in [5.41, 5.74) is 3.61. The Balaban J connectivity index is 1.29. The molecule has 1 aliphatic heterocycles. The molecule has 1 saturated heterocycles. The minimum atomic E-state index is -0.137. The van der Waals surface area contributed by atoms with Crippen LogP contribution in [0.1, 0.15) is 40.8 Å². The fourth-order valence-electron chi connectivity index (χ4n) is 4.42. The van der Waals surface area contributed by atoms with Gasteiger partial charge in [-0.3, -0.25) is 9.78 Å². The molecule has 11 heteroatoms. The standard InChI is InChI=1S/C25H30N10O/c1-16-4-6-35(14-16)7-5-28-25(36)19-9-21(17(2)29-12-19)31-23-20-13-30-22(32-24(20)34(3)33-23)8-18-10-26-15-27-11-18/h9-13,15-16H,4-8,14H2,1-3H3,(H,28,36)(H,31,33)/t16-/m0/s1. The van der Waals surface area contributed by atoms with Crippen molar-refractivity contribution in [3.05, 3.63) is 59.8 Å². The predicted molar refractivity (Wildman–Crippen MR) is 136 cm³/mol. The number of nitrogens with one attached hydrogen (secondary N) is 2. The Morgan fingerprint density at radius 3 is 2.78 bits per heavy atom. The number of aryl methyl sites for hydroxylation is 2. The summed E-state index contributed by atoms with van der Waals surface area (Å²) >= 11 is 0. The average molecular weight is 487 g/mol. The number of anilines is 2. The van der Waals surface area contributed by atoms with E-state index in [9.17, 15) is 4.79 Å². The van der Waals surface area contributed by atoms with Crippen LogP contribution in [0.15, 0.2) is 37.2 Å². The normalized spacial score (nSPS) is 15.9. The average Bonchev–Trinajstić information content (AvgIpc) is 3.43. The van der Waals surface area contributed by atoms with Gasteiger partial charge in [-0.15, -0.1) is 0 Å². The van der Waals surface area contributed by atoms with Crippen LogP contribution in [0.2, 0.25) is 0 Å². The topological polar surface area (TPSA) is 127 Å². The molecule has 186 valence electrons. The van der Waals surface area contributed by atoms with E-state index in [1.165, 1.54) is 12.7 Å². The highest BCUT2D eigenvalue weighted by Gasteiger charge is 2.19. The fraction of sp³-hybridized carbons (Fsp3) is 0.400. The van der Waals surface area contributed by atoms with E-state index < -0.39 is 0 Å². The van der Waals surface area contributed by atoms with E-state index in [1.54, 1.807) is 35.5 Å². The lowest BCUT2D eigenvalue weighted by atomic mass is 10.2. The Kier molecular flexibility index (Phi) is 6.81. The van der Waals surface area contributed by atoms with Crippen molar-refractivity contribution in [3.8, 4) is 0 Å². The molecule has 0 saturated carbocycles. The van der Waals surface area contributed by atoms with Crippen molar-refractivity contribution in [1.29, 1.82) is 0 Å². The van der Waals surface area contributed by atoms with Crippen molar-refractivity contribution in [3.63, 3.8) is 0 Å². The first-order valence-electron chi connectivity index (χ1n) is 12.1. The molecule has 0 aliphatic carbocycles. The molecule has 0 radical (unpaired) electrons. The molecular weight excluding hydrogens is 456 g/mol. The maximum absolute atomic E-state index is 12.8. The Hall–Kier alpha value is -3.99. The third-order valence-electron chi connectivity index (χ3n) is 6.43. The molecule has 2 N–H and O–H groups in total. The van der Waals surface area contributed by atoms with Gasteiger partial charge in [-0.05, 0) is 37.4 Å². The molecular formula is C25H30N10O. The van der Waals surface area contributed by atoms with E-state index in [0.717, 1.165) is 42.2 Å². The molecule has 0 aromatic carbocycles. The van der Waals surface area contributed by atoms with Gasteiger partial charge in [-0.2, -0.15) is 5.10 Å². The Morgan fingerprint density at radius 2 is 2.00 bits per heavy atom. The van der Waals surface area contributed by atoms with Gasteiger partial charge in [0.25, 0.3) is 5.91 Å². The van der Waals surface area contributed by atoms with Crippen LogP contribution >= 0.6 is 0 Å². The van der Waals surface area contributed by atoms with Gasteiger partial charge in [0, 0.05) is 57.9 Å². The minimum absolute atomic E-state index is 0.137. The van der Waals surface area contributed by atoms with Gasteiger partial charge in [-0.1, -0.05) is 6.92 Å². The lowest BCUT2D eigenvalue weighted by Gasteiger charge is -2.15. The summed E-state index contributed by atoms with van der Waals surface area (Å²) in [5, 5.41) is 11.7. The number of hydrogen-bond acceptors (Lipinski definition) is 9. The summed E-state index contributed by atoms with van der Waals surface area (Å²) in [6.07, 6.45) is 10.1. The van der Waals surface area contributed by atoms with Crippen LogP contribution in [-0.2, 0) is 13.5 Å². The lowest BCUT2D eigenvalue weighted by molar-refractivity contribution is 0.0949. The van der Waals surface area contributed by atoms with Gasteiger partial charge >= 0.3 is 0 Å². The van der Waals surface area contributed by atoms with Gasteiger partial charge in [-0.25, -0.2) is 24.6 Å². The summed E-state index contributed by atoms with van der Waals surface area (Å²) in [7, 11) is 1.84. The van der Waals surface area contributed by atoms with E-state index in [2.05, 4.69) is 52.5 Å². The van der Waals surface area contributed by atoms with Gasteiger partial charge in [0.1, 0.15) is 12.2 Å². The molecule has 1 amide bonds. The molecule has 36 heavy (non-hydrogen) atoms. The first kappa shape index (κ1) is 23.7. The molecule has 4 aromatic rings. The van der Waals surface area contributed by atoms with Crippen LogP contribution in [0.3, 0.4) is 0 Å². The highest BCUT2D eigenvalue weighted by molar-refractivity contribution is 5.95. The minimum Gasteiger partial charge on any atom is -0.351 e. The maximum atomic E-state index is 12.8. The van der Waals surface area contributed by atoms with Crippen LogP contribution in [-0.4, -0.2) is 71.7 Å². The molecule has 1 fully saturated rings. The number of amides is 1. The number of rotatable bonds is 8. The second kappa shape index (κ2) is 10.3. The summed E-state index contributed by atoms with van der Waals surface area (Å²) in [6.45, 7) is 7.82. The molecule has 0 unspecified atom stereocenters. The number of nitrogens with zero attached hydrogens (tertiary/aromatic N) is 8. The van der Waals surface area contributed by atoms with Crippen LogP contribution < -0.4 is 10.6 Å². The SMILES string of the molecule is Cc1ncc(C(=O)NCCN2CC[C@H](C)C2)cc1Nc1nn(C)c2nc(Cc3cncnc3)ncc12. The zero-order chi connectivity index (χ0) is 25.1. The monoisotopic (exact) mass is 486 g/mol.